The number of hydrogen-bond acceptors (Lipinski definition) is 1. The predicted octanol–water partition coefficient (Wildman–Crippen LogP) is 1.15. The van der Waals surface area contributed by atoms with Crippen molar-refractivity contribution in [3.8, 4) is 0 Å². The van der Waals surface area contributed by atoms with Crippen molar-refractivity contribution in [1.82, 2.24) is 0 Å². The van der Waals surface area contributed by atoms with Crippen molar-refractivity contribution in [2.45, 2.75) is 25.7 Å². The lowest BCUT2D eigenvalue weighted by molar-refractivity contribution is -0.135. The van der Waals surface area contributed by atoms with E-state index in [9.17, 15) is 4.79 Å². The highest BCUT2D eigenvalue weighted by molar-refractivity contribution is 5.81. The molecule has 0 aromatic rings. The highest BCUT2D eigenvalue weighted by Gasteiger charge is 2.73. The van der Waals surface area contributed by atoms with Gasteiger partial charge >= 0.3 is 0 Å². The highest BCUT2D eigenvalue weighted by Crippen LogP contribution is 2.77. The molecule has 0 aromatic carbocycles. The molecular formula is C11H15NO. The summed E-state index contributed by atoms with van der Waals surface area (Å²) in [6.45, 7) is 0. The summed E-state index contributed by atoms with van der Waals surface area (Å²) in [5.41, 5.74) is 5.52. The van der Waals surface area contributed by atoms with E-state index in [2.05, 4.69) is 0 Å². The van der Waals surface area contributed by atoms with E-state index in [1.807, 2.05) is 0 Å². The summed E-state index contributed by atoms with van der Waals surface area (Å²) in [7, 11) is 0. The molecule has 70 valence electrons. The highest BCUT2D eigenvalue weighted by atomic mass is 16.1. The van der Waals surface area contributed by atoms with E-state index < -0.39 is 0 Å². The van der Waals surface area contributed by atoms with Gasteiger partial charge in [0, 0.05) is 5.41 Å². The van der Waals surface area contributed by atoms with E-state index >= 15 is 0 Å². The average Bonchev–Trinajstić information content (AvgIpc) is 2.71. The predicted molar refractivity (Wildman–Crippen MR) is 47.5 cm³/mol. The molecular weight excluding hydrogens is 162 g/mol. The number of rotatable bonds is 1. The third-order valence-electron chi connectivity index (χ3n) is 5.44. The third-order valence-corrected chi connectivity index (χ3v) is 5.44. The topological polar surface area (TPSA) is 43.1 Å². The standard InChI is InChI=1S/C11H15NO/c12-10(13)11-2-5-1-6(3-11)9-7(4-11)8(5)9/h5-9H,1-4H2,(H2,12,13)/t5-,6+,7?,8-,9-,11?/m1/s1. The SMILES string of the molecule is NC(=O)C12CC3[C@H]4[C@H](C[C@@H](C1)[C@H]34)C2. The molecule has 2 nitrogen and oxygen atoms in total. The molecule has 0 spiro atoms. The molecule has 5 fully saturated rings. The molecule has 2 heteroatoms. The summed E-state index contributed by atoms with van der Waals surface area (Å²) in [6.07, 6.45) is 4.83. The minimum Gasteiger partial charge on any atom is -0.369 e. The van der Waals surface area contributed by atoms with Gasteiger partial charge in [0.1, 0.15) is 0 Å². The maximum atomic E-state index is 11.5. The van der Waals surface area contributed by atoms with Gasteiger partial charge < -0.3 is 5.73 Å². The van der Waals surface area contributed by atoms with Gasteiger partial charge in [0.2, 0.25) is 5.91 Å². The molecule has 6 atom stereocenters. The van der Waals surface area contributed by atoms with Crippen LogP contribution in [0.2, 0.25) is 0 Å². The fraction of sp³-hybridized carbons (Fsp3) is 0.909. The molecule has 0 heterocycles. The number of amides is 1. The Hall–Kier alpha value is -0.530. The minimum atomic E-state index is -0.0399. The first-order valence-electron chi connectivity index (χ1n) is 5.51. The van der Waals surface area contributed by atoms with Crippen molar-refractivity contribution in [3.05, 3.63) is 0 Å². The zero-order valence-corrected chi connectivity index (χ0v) is 7.70. The zero-order chi connectivity index (χ0) is 8.79. The van der Waals surface area contributed by atoms with Gasteiger partial charge in [-0.3, -0.25) is 4.79 Å². The second kappa shape index (κ2) is 1.67. The Balaban J connectivity index is 1.81. The molecule has 2 N–H and O–H groups in total. The normalized spacial score (nSPS) is 65.4. The van der Waals surface area contributed by atoms with E-state index in [0.29, 0.717) is 0 Å². The summed E-state index contributed by atoms with van der Waals surface area (Å²) in [4.78, 5) is 11.5. The van der Waals surface area contributed by atoms with Gasteiger partial charge in [-0.2, -0.15) is 0 Å². The van der Waals surface area contributed by atoms with Crippen LogP contribution >= 0.6 is 0 Å². The molecule has 0 aliphatic heterocycles. The van der Waals surface area contributed by atoms with Gasteiger partial charge in [0.25, 0.3) is 0 Å². The van der Waals surface area contributed by atoms with Gasteiger partial charge in [-0.25, -0.2) is 0 Å². The van der Waals surface area contributed by atoms with Crippen molar-refractivity contribution in [2.75, 3.05) is 0 Å². The Labute approximate surface area is 77.9 Å². The van der Waals surface area contributed by atoms with Crippen LogP contribution in [0.1, 0.15) is 25.7 Å². The fourth-order valence-corrected chi connectivity index (χ4v) is 5.18. The van der Waals surface area contributed by atoms with Crippen LogP contribution < -0.4 is 5.73 Å². The van der Waals surface area contributed by atoms with Gasteiger partial charge in [-0.1, -0.05) is 0 Å². The largest absolute Gasteiger partial charge is 0.369 e. The maximum Gasteiger partial charge on any atom is 0.223 e. The second-order valence-corrected chi connectivity index (χ2v) is 5.83. The molecule has 5 aliphatic carbocycles. The quantitative estimate of drug-likeness (QED) is 0.641. The summed E-state index contributed by atoms with van der Waals surface area (Å²) < 4.78 is 0. The Kier molecular flexibility index (Phi) is 0.879. The lowest BCUT2D eigenvalue weighted by Crippen LogP contribution is -2.47. The smallest absolute Gasteiger partial charge is 0.223 e. The molecule has 5 saturated carbocycles. The van der Waals surface area contributed by atoms with Gasteiger partial charge in [-0.15, -0.1) is 0 Å². The molecule has 0 saturated heterocycles. The van der Waals surface area contributed by atoms with E-state index in [4.69, 9.17) is 5.73 Å². The monoisotopic (exact) mass is 177 g/mol. The number of primary amides is 1. The van der Waals surface area contributed by atoms with Crippen molar-refractivity contribution < 1.29 is 4.79 Å². The van der Waals surface area contributed by atoms with Gasteiger partial charge in [-0.05, 0) is 55.3 Å². The lowest BCUT2D eigenvalue weighted by atomic mass is 9.58. The summed E-state index contributed by atoms with van der Waals surface area (Å²) >= 11 is 0. The average molecular weight is 177 g/mol. The zero-order valence-electron chi connectivity index (χ0n) is 7.70. The van der Waals surface area contributed by atoms with Crippen LogP contribution in [0.25, 0.3) is 0 Å². The van der Waals surface area contributed by atoms with E-state index in [1.165, 1.54) is 6.42 Å². The molecule has 1 amide bonds. The van der Waals surface area contributed by atoms with Crippen LogP contribution in [0.3, 0.4) is 0 Å². The summed E-state index contributed by atoms with van der Waals surface area (Å²) in [5, 5.41) is 0. The van der Waals surface area contributed by atoms with Crippen LogP contribution in [-0.2, 0) is 4.79 Å². The lowest BCUT2D eigenvalue weighted by Gasteiger charge is -2.46. The van der Waals surface area contributed by atoms with E-state index in [0.717, 1.165) is 48.9 Å². The Morgan fingerprint density at radius 1 is 1.15 bits per heavy atom. The second-order valence-electron chi connectivity index (χ2n) is 5.83. The molecule has 5 rings (SSSR count). The molecule has 2 unspecified atom stereocenters. The van der Waals surface area contributed by atoms with Crippen LogP contribution in [0, 0.1) is 35.0 Å². The molecule has 5 aliphatic rings. The molecule has 0 radical (unpaired) electrons. The van der Waals surface area contributed by atoms with Crippen molar-refractivity contribution in [3.63, 3.8) is 0 Å². The minimum absolute atomic E-state index is 0.00556. The first kappa shape index (κ1) is 6.86. The number of nitrogens with two attached hydrogens (primary N) is 1. The van der Waals surface area contributed by atoms with E-state index in [-0.39, 0.29) is 11.3 Å². The van der Waals surface area contributed by atoms with Crippen LogP contribution in [-0.4, -0.2) is 5.91 Å². The first-order chi connectivity index (χ1) is 6.21. The first-order valence-corrected chi connectivity index (χ1v) is 5.51. The maximum absolute atomic E-state index is 11.5. The van der Waals surface area contributed by atoms with Crippen molar-refractivity contribution in [1.29, 1.82) is 0 Å². The number of carbonyl (C=O) groups excluding carboxylic acids is 1. The third kappa shape index (κ3) is 0.570. The molecule has 13 heavy (non-hydrogen) atoms. The molecule has 0 aromatic heterocycles. The van der Waals surface area contributed by atoms with Crippen LogP contribution in [0.4, 0.5) is 0 Å². The Bertz CT molecular complexity index is 293. The van der Waals surface area contributed by atoms with Crippen molar-refractivity contribution >= 4 is 5.91 Å². The van der Waals surface area contributed by atoms with E-state index in [1.54, 1.807) is 0 Å². The number of hydrogen-bond donors (Lipinski definition) is 1. The summed E-state index contributed by atoms with van der Waals surface area (Å²) in [6, 6.07) is 0. The Morgan fingerprint density at radius 3 is 2.23 bits per heavy atom. The Morgan fingerprint density at radius 2 is 1.77 bits per heavy atom. The van der Waals surface area contributed by atoms with Gasteiger partial charge in [0.05, 0.1) is 0 Å². The van der Waals surface area contributed by atoms with Crippen LogP contribution in [0.15, 0.2) is 0 Å². The van der Waals surface area contributed by atoms with Crippen molar-refractivity contribution in [2.24, 2.45) is 40.7 Å². The van der Waals surface area contributed by atoms with Crippen LogP contribution in [0.5, 0.6) is 0 Å². The fourth-order valence-electron chi connectivity index (χ4n) is 5.18. The molecule has 4 bridgehead atoms. The number of carbonyl (C=O) groups is 1. The van der Waals surface area contributed by atoms with Gasteiger partial charge in [0.15, 0.2) is 0 Å². The summed E-state index contributed by atoms with van der Waals surface area (Å²) in [5.74, 6) is 4.75.